The third kappa shape index (κ3) is 2.98. The van der Waals surface area contributed by atoms with Crippen LogP contribution in [0.2, 0.25) is 0 Å². The van der Waals surface area contributed by atoms with Gasteiger partial charge in [0, 0.05) is 11.1 Å². The van der Waals surface area contributed by atoms with Crippen LogP contribution < -0.4 is 0 Å². The van der Waals surface area contributed by atoms with Gasteiger partial charge < -0.3 is 0 Å². The van der Waals surface area contributed by atoms with Gasteiger partial charge in [0.15, 0.2) is 5.78 Å². The van der Waals surface area contributed by atoms with E-state index in [0.717, 1.165) is 29.4 Å². The number of ketones is 1. The lowest BCUT2D eigenvalue weighted by molar-refractivity contribution is -0.129. The maximum Gasteiger partial charge on any atom is 0.158 e. The lowest BCUT2D eigenvalue weighted by Crippen LogP contribution is -2.51. The highest BCUT2D eigenvalue weighted by Crippen LogP contribution is 2.24. The number of para-hydroxylation sites is 1. The van der Waals surface area contributed by atoms with Gasteiger partial charge in [-0.2, -0.15) is 0 Å². The van der Waals surface area contributed by atoms with Crippen molar-refractivity contribution in [3.63, 3.8) is 0 Å². The zero-order valence-corrected chi connectivity index (χ0v) is 13.4. The number of aromatic nitrogens is 1. The Balaban J connectivity index is 2.28. The van der Waals surface area contributed by atoms with Crippen molar-refractivity contribution < 1.29 is 4.79 Å². The minimum Gasteiger partial charge on any atom is -0.297 e. The predicted molar refractivity (Wildman–Crippen MR) is 87.5 cm³/mol. The summed E-state index contributed by atoms with van der Waals surface area (Å²) in [6, 6.07) is 12.0. The minimum atomic E-state index is -0.382. The van der Waals surface area contributed by atoms with E-state index in [9.17, 15) is 4.79 Å². The van der Waals surface area contributed by atoms with E-state index in [1.165, 1.54) is 0 Å². The van der Waals surface area contributed by atoms with Crippen molar-refractivity contribution in [1.82, 2.24) is 9.88 Å². The smallest absolute Gasteiger partial charge is 0.158 e. The minimum absolute atomic E-state index is 0.250. The number of carbonyl (C=O) groups excluding carboxylic acids is 1. The highest BCUT2D eigenvalue weighted by molar-refractivity contribution is 5.90. The summed E-state index contributed by atoms with van der Waals surface area (Å²) < 4.78 is 0. The van der Waals surface area contributed by atoms with Gasteiger partial charge in [0.05, 0.1) is 17.5 Å². The van der Waals surface area contributed by atoms with E-state index in [0.29, 0.717) is 6.42 Å². The molecule has 2 aromatic rings. The van der Waals surface area contributed by atoms with E-state index in [2.05, 4.69) is 23.7 Å². The molecule has 0 spiro atoms. The Labute approximate surface area is 127 Å². The van der Waals surface area contributed by atoms with Crippen LogP contribution in [0.4, 0.5) is 0 Å². The highest BCUT2D eigenvalue weighted by atomic mass is 16.1. The molecule has 1 aromatic heterocycles. The van der Waals surface area contributed by atoms with Crippen molar-refractivity contribution in [3.8, 4) is 0 Å². The molecule has 1 heterocycles. The van der Waals surface area contributed by atoms with E-state index in [1.807, 2.05) is 50.5 Å². The SMILES string of the molecule is CCC(CC)(C(=O)Cc1ccc2ccccc2n1)N(C)C. The molecule has 3 heteroatoms. The maximum absolute atomic E-state index is 12.8. The second-order valence-electron chi connectivity index (χ2n) is 5.73. The van der Waals surface area contributed by atoms with Crippen LogP contribution in [0.5, 0.6) is 0 Å². The third-order valence-corrected chi connectivity index (χ3v) is 4.54. The topological polar surface area (TPSA) is 33.2 Å². The molecular formula is C18H24N2O. The molecule has 0 atom stereocenters. The number of pyridine rings is 1. The Bertz CT molecular complexity index is 630. The van der Waals surface area contributed by atoms with Crippen LogP contribution in [0.15, 0.2) is 36.4 Å². The fraction of sp³-hybridized carbons (Fsp3) is 0.444. The van der Waals surface area contributed by atoms with Gasteiger partial charge in [0.2, 0.25) is 0 Å². The zero-order chi connectivity index (χ0) is 15.5. The number of hydrogen-bond donors (Lipinski definition) is 0. The Morgan fingerprint density at radius 3 is 2.38 bits per heavy atom. The molecule has 2 rings (SSSR count). The van der Waals surface area contributed by atoms with Crippen molar-refractivity contribution in [2.75, 3.05) is 14.1 Å². The summed E-state index contributed by atoms with van der Waals surface area (Å²) in [5.41, 5.74) is 1.42. The summed E-state index contributed by atoms with van der Waals surface area (Å²) in [6.45, 7) is 4.16. The van der Waals surface area contributed by atoms with Crippen molar-refractivity contribution in [2.45, 2.75) is 38.6 Å². The molecule has 0 aliphatic rings. The molecule has 3 nitrogen and oxygen atoms in total. The van der Waals surface area contributed by atoms with Gasteiger partial charge in [-0.25, -0.2) is 0 Å². The Morgan fingerprint density at radius 2 is 1.76 bits per heavy atom. The number of carbonyl (C=O) groups is 1. The molecule has 21 heavy (non-hydrogen) atoms. The van der Waals surface area contributed by atoms with Crippen LogP contribution >= 0.6 is 0 Å². The molecule has 0 aliphatic carbocycles. The Hall–Kier alpha value is -1.74. The van der Waals surface area contributed by atoms with E-state index >= 15 is 0 Å². The quantitative estimate of drug-likeness (QED) is 0.814. The van der Waals surface area contributed by atoms with Gasteiger partial charge in [-0.1, -0.05) is 38.1 Å². The molecule has 112 valence electrons. The summed E-state index contributed by atoms with van der Waals surface area (Å²) in [5.74, 6) is 0.250. The van der Waals surface area contributed by atoms with Crippen LogP contribution in [0.1, 0.15) is 32.4 Å². The number of fused-ring (bicyclic) bond motifs is 1. The second-order valence-corrected chi connectivity index (χ2v) is 5.73. The van der Waals surface area contributed by atoms with Gasteiger partial charge in [0.25, 0.3) is 0 Å². The summed E-state index contributed by atoms with van der Waals surface area (Å²) in [5, 5.41) is 1.11. The van der Waals surface area contributed by atoms with E-state index in [1.54, 1.807) is 0 Å². The Morgan fingerprint density at radius 1 is 1.10 bits per heavy atom. The van der Waals surface area contributed by atoms with Crippen molar-refractivity contribution >= 4 is 16.7 Å². The molecule has 1 aromatic carbocycles. The average molecular weight is 284 g/mol. The second kappa shape index (κ2) is 6.35. The van der Waals surface area contributed by atoms with E-state index in [4.69, 9.17) is 0 Å². The van der Waals surface area contributed by atoms with E-state index < -0.39 is 0 Å². The number of rotatable bonds is 6. The molecule has 0 aliphatic heterocycles. The van der Waals surface area contributed by atoms with Crippen molar-refractivity contribution in [1.29, 1.82) is 0 Å². The number of Topliss-reactive ketones (excluding diaryl/α,β-unsaturated/α-hetero) is 1. The van der Waals surface area contributed by atoms with Crippen molar-refractivity contribution in [2.24, 2.45) is 0 Å². The first-order valence-corrected chi connectivity index (χ1v) is 7.59. The van der Waals surface area contributed by atoms with Gasteiger partial charge in [-0.05, 0) is 39.1 Å². The van der Waals surface area contributed by atoms with Gasteiger partial charge in [-0.15, -0.1) is 0 Å². The number of nitrogens with zero attached hydrogens (tertiary/aromatic N) is 2. The molecule has 0 saturated carbocycles. The first-order chi connectivity index (χ1) is 10.0. The molecule has 0 radical (unpaired) electrons. The van der Waals surface area contributed by atoms with Gasteiger partial charge >= 0.3 is 0 Å². The summed E-state index contributed by atoms with van der Waals surface area (Å²) in [6.07, 6.45) is 2.04. The summed E-state index contributed by atoms with van der Waals surface area (Å²) in [4.78, 5) is 19.5. The van der Waals surface area contributed by atoms with Crippen LogP contribution in [0.3, 0.4) is 0 Å². The molecule has 0 unspecified atom stereocenters. The van der Waals surface area contributed by atoms with Crippen LogP contribution in [0.25, 0.3) is 10.9 Å². The fourth-order valence-corrected chi connectivity index (χ4v) is 3.06. The number of benzene rings is 1. The van der Waals surface area contributed by atoms with Crippen molar-refractivity contribution in [3.05, 3.63) is 42.1 Å². The Kier molecular flexibility index (Phi) is 4.73. The molecule has 0 amide bonds. The largest absolute Gasteiger partial charge is 0.297 e. The molecule has 0 fully saturated rings. The first-order valence-electron chi connectivity index (χ1n) is 7.59. The summed E-state index contributed by atoms with van der Waals surface area (Å²) >= 11 is 0. The molecule has 0 N–H and O–H groups in total. The lowest BCUT2D eigenvalue weighted by atomic mass is 9.84. The summed E-state index contributed by atoms with van der Waals surface area (Å²) in [7, 11) is 3.97. The normalized spacial score (nSPS) is 12.0. The molecular weight excluding hydrogens is 260 g/mol. The van der Waals surface area contributed by atoms with Gasteiger partial charge in [0.1, 0.15) is 0 Å². The molecule has 0 saturated heterocycles. The predicted octanol–water partition coefficient (Wildman–Crippen LogP) is 3.47. The zero-order valence-electron chi connectivity index (χ0n) is 13.4. The third-order valence-electron chi connectivity index (χ3n) is 4.54. The number of likely N-dealkylation sites (N-methyl/N-ethyl adjacent to an activating group) is 1. The monoisotopic (exact) mass is 284 g/mol. The van der Waals surface area contributed by atoms with E-state index in [-0.39, 0.29) is 11.3 Å². The fourth-order valence-electron chi connectivity index (χ4n) is 3.06. The van der Waals surface area contributed by atoms with Crippen LogP contribution in [-0.4, -0.2) is 35.3 Å². The molecule has 0 bridgehead atoms. The highest BCUT2D eigenvalue weighted by Gasteiger charge is 2.36. The lowest BCUT2D eigenvalue weighted by Gasteiger charge is -2.37. The average Bonchev–Trinajstić information content (AvgIpc) is 2.48. The number of hydrogen-bond acceptors (Lipinski definition) is 3. The van der Waals surface area contributed by atoms with Gasteiger partial charge in [-0.3, -0.25) is 14.7 Å². The van der Waals surface area contributed by atoms with Crippen LogP contribution in [-0.2, 0) is 11.2 Å². The maximum atomic E-state index is 12.8. The standard InChI is InChI=1S/C18H24N2O/c1-5-18(6-2,20(3)4)17(21)13-15-12-11-14-9-7-8-10-16(14)19-15/h7-12H,5-6,13H2,1-4H3. The van der Waals surface area contributed by atoms with Crippen LogP contribution in [0, 0.1) is 0 Å². The first kappa shape index (κ1) is 15.6.